The lowest BCUT2D eigenvalue weighted by molar-refractivity contribution is -0.122. The summed E-state index contributed by atoms with van der Waals surface area (Å²) in [5, 5.41) is 0. The molecule has 0 aromatic carbocycles. The molecular formula is C13H22N6O2. The standard InChI is InChI=1S/C13H22N6O2/c1-3-6-21-13-17-11(15)16-12(18-13)19-7-9(10(14)20)5-4-8(19)2/h8-9H,3-7H2,1-2H3,(H2,14,20)(H2,15,16,17,18). The molecule has 1 amide bonds. The van der Waals surface area contributed by atoms with E-state index >= 15 is 0 Å². The van der Waals surface area contributed by atoms with Crippen LogP contribution in [0.3, 0.4) is 0 Å². The molecule has 0 radical (unpaired) electrons. The predicted octanol–water partition coefficient (Wildman–Crippen LogP) is 0.333. The quantitative estimate of drug-likeness (QED) is 0.802. The third-order valence-corrected chi connectivity index (χ3v) is 3.60. The van der Waals surface area contributed by atoms with E-state index in [0.717, 1.165) is 19.3 Å². The van der Waals surface area contributed by atoms with Crippen molar-refractivity contribution in [2.45, 2.75) is 39.2 Å². The zero-order chi connectivity index (χ0) is 15.4. The van der Waals surface area contributed by atoms with Crippen molar-refractivity contribution in [3.63, 3.8) is 0 Å². The molecule has 1 aromatic rings. The van der Waals surface area contributed by atoms with Crippen LogP contribution in [0.4, 0.5) is 11.9 Å². The van der Waals surface area contributed by atoms with Crippen LogP contribution in [-0.4, -0.2) is 40.1 Å². The van der Waals surface area contributed by atoms with Crippen molar-refractivity contribution in [1.29, 1.82) is 0 Å². The Kier molecular flexibility index (Phi) is 4.77. The van der Waals surface area contributed by atoms with Crippen LogP contribution in [0, 0.1) is 5.92 Å². The minimum atomic E-state index is -0.295. The van der Waals surface area contributed by atoms with Crippen molar-refractivity contribution in [3.05, 3.63) is 0 Å². The van der Waals surface area contributed by atoms with Crippen LogP contribution in [0.1, 0.15) is 33.1 Å². The van der Waals surface area contributed by atoms with E-state index in [-0.39, 0.29) is 29.8 Å². The smallest absolute Gasteiger partial charge is 0.323 e. The highest BCUT2D eigenvalue weighted by Crippen LogP contribution is 2.26. The third-order valence-electron chi connectivity index (χ3n) is 3.60. The van der Waals surface area contributed by atoms with Gasteiger partial charge < -0.3 is 21.1 Å². The maximum Gasteiger partial charge on any atom is 0.323 e. The van der Waals surface area contributed by atoms with Crippen LogP contribution in [0.5, 0.6) is 6.01 Å². The molecule has 4 N–H and O–H groups in total. The van der Waals surface area contributed by atoms with Crippen LogP contribution in [-0.2, 0) is 4.79 Å². The summed E-state index contributed by atoms with van der Waals surface area (Å²) in [6.07, 6.45) is 2.49. The monoisotopic (exact) mass is 294 g/mol. The number of ether oxygens (including phenoxy) is 1. The van der Waals surface area contributed by atoms with Crippen molar-refractivity contribution in [1.82, 2.24) is 15.0 Å². The average molecular weight is 294 g/mol. The highest BCUT2D eigenvalue weighted by Gasteiger charge is 2.30. The molecule has 0 spiro atoms. The highest BCUT2D eigenvalue weighted by molar-refractivity contribution is 5.77. The zero-order valence-corrected chi connectivity index (χ0v) is 12.5. The molecule has 8 nitrogen and oxygen atoms in total. The Morgan fingerprint density at radius 2 is 2.14 bits per heavy atom. The van der Waals surface area contributed by atoms with Crippen molar-refractivity contribution >= 4 is 17.8 Å². The van der Waals surface area contributed by atoms with Crippen molar-refractivity contribution in [2.75, 3.05) is 23.8 Å². The van der Waals surface area contributed by atoms with Crippen molar-refractivity contribution in [2.24, 2.45) is 11.7 Å². The summed E-state index contributed by atoms with van der Waals surface area (Å²) < 4.78 is 5.42. The summed E-state index contributed by atoms with van der Waals surface area (Å²) in [4.78, 5) is 25.8. The molecule has 2 unspecified atom stereocenters. The van der Waals surface area contributed by atoms with Gasteiger partial charge in [-0.25, -0.2) is 0 Å². The van der Waals surface area contributed by atoms with Crippen LogP contribution in [0.25, 0.3) is 0 Å². The number of anilines is 2. The number of rotatable bonds is 5. The van der Waals surface area contributed by atoms with Gasteiger partial charge in [0.15, 0.2) is 0 Å². The highest BCUT2D eigenvalue weighted by atomic mass is 16.5. The molecule has 1 saturated heterocycles. The number of hydrogen-bond acceptors (Lipinski definition) is 7. The minimum Gasteiger partial charge on any atom is -0.463 e. The van der Waals surface area contributed by atoms with Gasteiger partial charge in [0.05, 0.1) is 12.5 Å². The lowest BCUT2D eigenvalue weighted by Gasteiger charge is -2.36. The molecule has 21 heavy (non-hydrogen) atoms. The van der Waals surface area contributed by atoms with Gasteiger partial charge in [-0.1, -0.05) is 6.92 Å². The fourth-order valence-electron chi connectivity index (χ4n) is 2.37. The van der Waals surface area contributed by atoms with E-state index in [1.807, 2.05) is 11.8 Å². The van der Waals surface area contributed by atoms with E-state index in [1.54, 1.807) is 0 Å². The molecular weight excluding hydrogens is 272 g/mol. The third kappa shape index (κ3) is 3.71. The van der Waals surface area contributed by atoms with Crippen LogP contribution < -0.4 is 21.1 Å². The Morgan fingerprint density at radius 1 is 1.38 bits per heavy atom. The summed E-state index contributed by atoms with van der Waals surface area (Å²) >= 11 is 0. The number of nitrogen functional groups attached to an aromatic ring is 1. The van der Waals surface area contributed by atoms with E-state index < -0.39 is 0 Å². The first-order valence-corrected chi connectivity index (χ1v) is 7.21. The van der Waals surface area contributed by atoms with E-state index in [9.17, 15) is 4.79 Å². The SMILES string of the molecule is CCCOc1nc(N)nc(N2CC(C(N)=O)CCC2C)n1. The Balaban J connectivity index is 2.22. The molecule has 0 aliphatic carbocycles. The van der Waals surface area contributed by atoms with Gasteiger partial charge in [0, 0.05) is 12.6 Å². The summed E-state index contributed by atoms with van der Waals surface area (Å²) in [5.41, 5.74) is 11.1. The molecule has 1 fully saturated rings. The number of amides is 1. The number of primary amides is 1. The van der Waals surface area contributed by atoms with Crippen LogP contribution in [0.2, 0.25) is 0 Å². The topological polar surface area (TPSA) is 120 Å². The summed E-state index contributed by atoms with van der Waals surface area (Å²) in [6.45, 7) is 5.06. The molecule has 1 aliphatic rings. The summed E-state index contributed by atoms with van der Waals surface area (Å²) in [5.74, 6) is 0.0575. The molecule has 2 heterocycles. The van der Waals surface area contributed by atoms with Gasteiger partial charge in [-0.2, -0.15) is 15.0 Å². The molecule has 0 bridgehead atoms. The van der Waals surface area contributed by atoms with Gasteiger partial charge in [-0.15, -0.1) is 0 Å². The first kappa shape index (κ1) is 15.3. The minimum absolute atomic E-state index is 0.111. The fourth-order valence-corrected chi connectivity index (χ4v) is 2.37. The van der Waals surface area contributed by atoms with Crippen molar-refractivity contribution < 1.29 is 9.53 Å². The van der Waals surface area contributed by atoms with E-state index in [2.05, 4.69) is 21.9 Å². The first-order valence-electron chi connectivity index (χ1n) is 7.21. The number of hydrogen-bond donors (Lipinski definition) is 2. The maximum atomic E-state index is 11.4. The van der Waals surface area contributed by atoms with Crippen LogP contribution in [0.15, 0.2) is 0 Å². The Hall–Kier alpha value is -2.12. The number of nitrogens with two attached hydrogens (primary N) is 2. The zero-order valence-electron chi connectivity index (χ0n) is 12.5. The largest absolute Gasteiger partial charge is 0.463 e. The summed E-state index contributed by atoms with van der Waals surface area (Å²) in [6, 6.07) is 0.425. The number of aromatic nitrogens is 3. The maximum absolute atomic E-state index is 11.4. The van der Waals surface area contributed by atoms with Gasteiger partial charge in [-0.3, -0.25) is 4.79 Å². The summed E-state index contributed by atoms with van der Waals surface area (Å²) in [7, 11) is 0. The number of nitrogens with zero attached hydrogens (tertiary/aromatic N) is 4. The van der Waals surface area contributed by atoms with Crippen LogP contribution >= 0.6 is 0 Å². The molecule has 0 saturated carbocycles. The van der Waals surface area contributed by atoms with E-state index in [4.69, 9.17) is 16.2 Å². The molecule has 2 atom stereocenters. The molecule has 2 rings (SSSR count). The molecule has 1 aliphatic heterocycles. The number of piperidine rings is 1. The Bertz CT molecular complexity index is 509. The Morgan fingerprint density at radius 3 is 2.81 bits per heavy atom. The van der Waals surface area contributed by atoms with E-state index in [1.165, 1.54) is 0 Å². The van der Waals surface area contributed by atoms with Gasteiger partial charge in [0.25, 0.3) is 0 Å². The van der Waals surface area contributed by atoms with Gasteiger partial charge in [-0.05, 0) is 26.2 Å². The average Bonchev–Trinajstić information content (AvgIpc) is 2.44. The van der Waals surface area contributed by atoms with Gasteiger partial charge >= 0.3 is 6.01 Å². The first-order chi connectivity index (χ1) is 10.0. The fraction of sp³-hybridized carbons (Fsp3) is 0.692. The number of carbonyl (C=O) groups excluding carboxylic acids is 1. The number of carbonyl (C=O) groups is 1. The second-order valence-electron chi connectivity index (χ2n) is 5.30. The predicted molar refractivity (Wildman–Crippen MR) is 78.8 cm³/mol. The molecule has 1 aromatic heterocycles. The van der Waals surface area contributed by atoms with Gasteiger partial charge in [0.1, 0.15) is 0 Å². The molecule has 116 valence electrons. The van der Waals surface area contributed by atoms with Gasteiger partial charge in [0.2, 0.25) is 17.8 Å². The molecule has 8 heteroatoms. The second kappa shape index (κ2) is 6.55. The Labute approximate surface area is 123 Å². The van der Waals surface area contributed by atoms with E-state index in [0.29, 0.717) is 19.1 Å². The van der Waals surface area contributed by atoms with Crippen molar-refractivity contribution in [3.8, 4) is 6.01 Å². The second-order valence-corrected chi connectivity index (χ2v) is 5.30. The normalized spacial score (nSPS) is 22.1. The lowest BCUT2D eigenvalue weighted by Crippen LogP contribution is -2.46. The lowest BCUT2D eigenvalue weighted by atomic mass is 9.93.